The van der Waals surface area contributed by atoms with Gasteiger partial charge in [0.15, 0.2) is 0 Å². The normalized spacial score (nSPS) is 16.4. The average molecular weight is 161 g/mol. The predicted molar refractivity (Wildman–Crippen MR) is 45.0 cm³/mol. The first-order chi connectivity index (χ1) is 5.26. The highest BCUT2D eigenvalue weighted by Crippen LogP contribution is 2.15. The van der Waals surface area contributed by atoms with Gasteiger partial charge in [0, 0.05) is 13.0 Å². The molecule has 0 saturated heterocycles. The molecule has 0 spiro atoms. The number of ether oxygens (including phenoxy) is 1. The third kappa shape index (κ3) is 4.35. The molecule has 2 unspecified atom stereocenters. The molecule has 0 heterocycles. The van der Waals surface area contributed by atoms with Gasteiger partial charge in [0.1, 0.15) is 0 Å². The smallest absolute Gasteiger partial charge is 0.0731 e. The molecule has 0 aliphatic heterocycles. The number of methoxy groups -OCH3 is 1. The molecular weight excluding hydrogens is 142 g/mol. The lowest BCUT2D eigenvalue weighted by Crippen LogP contribution is -2.24. The van der Waals surface area contributed by atoms with Crippen LogP contribution in [0.5, 0.6) is 0 Å². The zero-order valence-electron chi connectivity index (χ0n) is 7.67. The number of hydrogen-bond acceptors (Lipinski definition) is 3. The Bertz CT molecular complexity index is 82.2. The Morgan fingerprint density at radius 3 is 2.36 bits per heavy atom. The summed E-state index contributed by atoms with van der Waals surface area (Å²) in [5, 5.41) is 0. The summed E-state index contributed by atoms with van der Waals surface area (Å²) in [6.45, 7) is 5.65. The van der Waals surface area contributed by atoms with Crippen LogP contribution in [0.3, 0.4) is 0 Å². The second kappa shape index (κ2) is 6.58. The van der Waals surface area contributed by atoms with E-state index in [-0.39, 0.29) is 0 Å². The van der Waals surface area contributed by atoms with Gasteiger partial charge in [-0.25, -0.2) is 5.90 Å². The highest BCUT2D eigenvalue weighted by atomic mass is 16.6. The molecule has 0 fully saturated rings. The first-order valence-corrected chi connectivity index (χ1v) is 4.06. The summed E-state index contributed by atoms with van der Waals surface area (Å²) in [6.07, 6.45) is 1.14. The molecule has 0 aliphatic rings. The fourth-order valence-corrected chi connectivity index (χ4v) is 1.05. The first kappa shape index (κ1) is 10.9. The molecule has 0 aromatic carbocycles. The Labute approximate surface area is 68.8 Å². The van der Waals surface area contributed by atoms with E-state index in [0.29, 0.717) is 18.4 Å². The fourth-order valence-electron chi connectivity index (χ4n) is 1.05. The molecule has 0 rings (SSSR count). The molecule has 0 amide bonds. The Balaban J connectivity index is 3.66. The summed E-state index contributed by atoms with van der Waals surface area (Å²) in [5.74, 6) is 6.03. The molecule has 3 heteroatoms. The molecule has 0 bridgehead atoms. The van der Waals surface area contributed by atoms with Gasteiger partial charge in [-0.2, -0.15) is 0 Å². The third-order valence-corrected chi connectivity index (χ3v) is 2.14. The quantitative estimate of drug-likeness (QED) is 0.595. The molecule has 0 radical (unpaired) electrons. The predicted octanol–water partition coefficient (Wildman–Crippen LogP) is 1.19. The number of nitrogens with two attached hydrogens (primary N) is 1. The van der Waals surface area contributed by atoms with Gasteiger partial charge in [0.05, 0.1) is 13.2 Å². The maximum absolute atomic E-state index is 5.04. The van der Waals surface area contributed by atoms with Crippen LogP contribution in [0.1, 0.15) is 20.3 Å². The summed E-state index contributed by atoms with van der Waals surface area (Å²) in [7, 11) is 1.70. The molecule has 11 heavy (non-hydrogen) atoms. The molecule has 2 atom stereocenters. The van der Waals surface area contributed by atoms with E-state index in [0.717, 1.165) is 13.0 Å². The van der Waals surface area contributed by atoms with E-state index in [9.17, 15) is 0 Å². The van der Waals surface area contributed by atoms with Crippen molar-refractivity contribution in [2.24, 2.45) is 17.7 Å². The second-order valence-corrected chi connectivity index (χ2v) is 2.93. The number of rotatable bonds is 6. The van der Waals surface area contributed by atoms with E-state index >= 15 is 0 Å². The molecule has 68 valence electrons. The van der Waals surface area contributed by atoms with Crippen molar-refractivity contribution in [3.8, 4) is 0 Å². The van der Waals surface area contributed by atoms with E-state index < -0.39 is 0 Å². The van der Waals surface area contributed by atoms with Gasteiger partial charge in [-0.1, -0.05) is 20.3 Å². The minimum atomic E-state index is 0.426. The third-order valence-electron chi connectivity index (χ3n) is 2.14. The minimum Gasteiger partial charge on any atom is -0.384 e. The SMILES string of the molecule is CCC(C)C(COC)CON. The summed E-state index contributed by atoms with van der Waals surface area (Å²) in [5.41, 5.74) is 0. The van der Waals surface area contributed by atoms with Gasteiger partial charge in [-0.15, -0.1) is 0 Å². The van der Waals surface area contributed by atoms with Crippen LogP contribution in [0.15, 0.2) is 0 Å². The molecule has 0 saturated carbocycles. The van der Waals surface area contributed by atoms with Crippen molar-refractivity contribution in [3.05, 3.63) is 0 Å². The van der Waals surface area contributed by atoms with Crippen LogP contribution in [0, 0.1) is 11.8 Å². The van der Waals surface area contributed by atoms with E-state index in [1.54, 1.807) is 7.11 Å². The van der Waals surface area contributed by atoms with Gasteiger partial charge >= 0.3 is 0 Å². The Morgan fingerprint density at radius 1 is 1.36 bits per heavy atom. The minimum absolute atomic E-state index is 0.426. The van der Waals surface area contributed by atoms with E-state index in [1.165, 1.54) is 0 Å². The highest BCUT2D eigenvalue weighted by Gasteiger charge is 2.15. The molecule has 3 nitrogen and oxygen atoms in total. The van der Waals surface area contributed by atoms with Crippen molar-refractivity contribution in [3.63, 3.8) is 0 Å². The Kier molecular flexibility index (Phi) is 6.51. The van der Waals surface area contributed by atoms with Gasteiger partial charge < -0.3 is 9.57 Å². The first-order valence-electron chi connectivity index (χ1n) is 4.06. The fraction of sp³-hybridized carbons (Fsp3) is 1.00. The molecule has 0 aromatic rings. The van der Waals surface area contributed by atoms with Crippen LogP contribution in [0.2, 0.25) is 0 Å². The average Bonchev–Trinajstić information content (AvgIpc) is 2.03. The maximum Gasteiger partial charge on any atom is 0.0731 e. The molecular formula is C8H19NO2. The van der Waals surface area contributed by atoms with Crippen molar-refractivity contribution >= 4 is 0 Å². The Hall–Kier alpha value is -0.120. The largest absolute Gasteiger partial charge is 0.384 e. The lowest BCUT2D eigenvalue weighted by atomic mass is 9.93. The van der Waals surface area contributed by atoms with Crippen molar-refractivity contribution in [2.75, 3.05) is 20.3 Å². The summed E-state index contributed by atoms with van der Waals surface area (Å²) in [4.78, 5) is 4.60. The Morgan fingerprint density at radius 2 is 2.00 bits per heavy atom. The van der Waals surface area contributed by atoms with Crippen LogP contribution < -0.4 is 5.90 Å². The van der Waals surface area contributed by atoms with Crippen LogP contribution in [-0.4, -0.2) is 20.3 Å². The van der Waals surface area contributed by atoms with Crippen molar-refractivity contribution in [1.82, 2.24) is 0 Å². The maximum atomic E-state index is 5.04. The van der Waals surface area contributed by atoms with E-state index in [1.807, 2.05) is 0 Å². The van der Waals surface area contributed by atoms with Crippen molar-refractivity contribution in [1.29, 1.82) is 0 Å². The topological polar surface area (TPSA) is 44.5 Å². The molecule has 0 aliphatic carbocycles. The van der Waals surface area contributed by atoms with Crippen LogP contribution >= 0.6 is 0 Å². The van der Waals surface area contributed by atoms with Crippen LogP contribution in [0.4, 0.5) is 0 Å². The summed E-state index contributed by atoms with van der Waals surface area (Å²) < 4.78 is 5.04. The van der Waals surface area contributed by atoms with Crippen LogP contribution in [0.25, 0.3) is 0 Å². The van der Waals surface area contributed by atoms with Crippen molar-refractivity contribution in [2.45, 2.75) is 20.3 Å². The lowest BCUT2D eigenvalue weighted by Gasteiger charge is -2.20. The van der Waals surface area contributed by atoms with E-state index in [4.69, 9.17) is 10.6 Å². The van der Waals surface area contributed by atoms with Gasteiger partial charge in [0.2, 0.25) is 0 Å². The summed E-state index contributed by atoms with van der Waals surface area (Å²) >= 11 is 0. The standard InChI is InChI=1S/C8H19NO2/c1-4-7(2)8(5-10-3)6-11-9/h7-8H,4-6,9H2,1-3H3. The zero-order chi connectivity index (χ0) is 8.69. The lowest BCUT2D eigenvalue weighted by molar-refractivity contribution is 0.0342. The monoisotopic (exact) mass is 161 g/mol. The van der Waals surface area contributed by atoms with Gasteiger partial charge in [0.25, 0.3) is 0 Å². The highest BCUT2D eigenvalue weighted by molar-refractivity contribution is 4.63. The second-order valence-electron chi connectivity index (χ2n) is 2.93. The number of hydrogen-bond donors (Lipinski definition) is 1. The van der Waals surface area contributed by atoms with Gasteiger partial charge in [-0.3, -0.25) is 0 Å². The molecule has 0 aromatic heterocycles. The zero-order valence-corrected chi connectivity index (χ0v) is 7.67. The summed E-state index contributed by atoms with van der Waals surface area (Å²) in [6, 6.07) is 0. The van der Waals surface area contributed by atoms with E-state index in [2.05, 4.69) is 18.7 Å². The van der Waals surface area contributed by atoms with Crippen molar-refractivity contribution < 1.29 is 9.57 Å². The van der Waals surface area contributed by atoms with Crippen LogP contribution in [-0.2, 0) is 9.57 Å². The van der Waals surface area contributed by atoms with Gasteiger partial charge in [-0.05, 0) is 5.92 Å². The molecule has 2 N–H and O–H groups in total.